The lowest BCUT2D eigenvalue weighted by molar-refractivity contribution is -0.274. The van der Waals surface area contributed by atoms with Gasteiger partial charge in [0.1, 0.15) is 11.9 Å². The maximum absolute atomic E-state index is 12.3. The van der Waals surface area contributed by atoms with Crippen molar-refractivity contribution in [2.45, 2.75) is 30.2 Å². The zero-order valence-corrected chi connectivity index (χ0v) is 18.5. The van der Waals surface area contributed by atoms with Crippen LogP contribution in [0.15, 0.2) is 65.8 Å². The third-order valence-electron chi connectivity index (χ3n) is 5.27. The van der Waals surface area contributed by atoms with Gasteiger partial charge in [-0.15, -0.1) is 13.2 Å². The van der Waals surface area contributed by atoms with E-state index in [1.54, 1.807) is 41.3 Å². The van der Waals surface area contributed by atoms with Crippen LogP contribution in [-0.2, 0) is 9.84 Å². The summed E-state index contributed by atoms with van der Waals surface area (Å²) >= 11 is 0. The summed E-state index contributed by atoms with van der Waals surface area (Å²) in [6.45, 7) is 1.40. The van der Waals surface area contributed by atoms with Gasteiger partial charge in [-0.05, 0) is 48.5 Å². The Balaban J connectivity index is 1.31. The minimum Gasteiger partial charge on any atom is -0.487 e. The van der Waals surface area contributed by atoms with Gasteiger partial charge < -0.3 is 14.4 Å². The second-order valence-corrected chi connectivity index (χ2v) is 9.75. The summed E-state index contributed by atoms with van der Waals surface area (Å²) in [6.07, 6.45) is 1.27. The van der Waals surface area contributed by atoms with E-state index in [2.05, 4.69) is 14.7 Å². The SMILES string of the molecule is CS(=O)(=O)c1ccc(-n2cc(OC3CCN(c4ccc(OC(F)(F)F)cc4)CC3)cn2)cc1. The van der Waals surface area contributed by atoms with E-state index in [0.29, 0.717) is 24.5 Å². The topological polar surface area (TPSA) is 73.7 Å². The van der Waals surface area contributed by atoms with Crippen molar-refractivity contribution < 1.29 is 31.1 Å². The van der Waals surface area contributed by atoms with Gasteiger partial charge in [-0.1, -0.05) is 0 Å². The first-order valence-corrected chi connectivity index (χ1v) is 12.1. The third-order valence-corrected chi connectivity index (χ3v) is 6.40. The first kappa shape index (κ1) is 23.0. The van der Waals surface area contributed by atoms with E-state index in [1.807, 2.05) is 0 Å². The van der Waals surface area contributed by atoms with Crippen LogP contribution >= 0.6 is 0 Å². The van der Waals surface area contributed by atoms with Crippen LogP contribution in [0, 0.1) is 0 Å². The maximum atomic E-state index is 12.3. The van der Waals surface area contributed by atoms with Crippen LogP contribution in [-0.4, -0.2) is 50.0 Å². The standard InChI is InChI=1S/C22H22F3N3O4S/c1-33(29,30)21-8-4-17(5-9-21)28-15-20(14-26-28)31-18-10-12-27(13-11-18)16-2-6-19(7-3-16)32-22(23,24)25/h2-9,14-15,18H,10-13H2,1H3. The molecular weight excluding hydrogens is 459 g/mol. The molecule has 3 aromatic rings. The fourth-order valence-corrected chi connectivity index (χ4v) is 4.27. The Morgan fingerprint density at radius 2 is 1.55 bits per heavy atom. The van der Waals surface area contributed by atoms with Crippen LogP contribution in [0.3, 0.4) is 0 Å². The molecule has 0 radical (unpaired) electrons. The van der Waals surface area contributed by atoms with Crippen molar-refractivity contribution in [1.82, 2.24) is 9.78 Å². The number of piperidine rings is 1. The van der Waals surface area contributed by atoms with E-state index in [-0.39, 0.29) is 16.7 Å². The average Bonchev–Trinajstić information content (AvgIpc) is 3.22. The number of halogens is 3. The van der Waals surface area contributed by atoms with E-state index in [1.165, 1.54) is 24.3 Å². The summed E-state index contributed by atoms with van der Waals surface area (Å²) in [5.41, 5.74) is 1.54. The van der Waals surface area contributed by atoms with Gasteiger partial charge in [0.25, 0.3) is 0 Å². The third kappa shape index (κ3) is 5.98. The number of anilines is 1. The van der Waals surface area contributed by atoms with Gasteiger partial charge in [-0.2, -0.15) is 5.10 Å². The van der Waals surface area contributed by atoms with Crippen LogP contribution in [0.5, 0.6) is 11.5 Å². The van der Waals surface area contributed by atoms with E-state index >= 15 is 0 Å². The number of benzene rings is 2. The van der Waals surface area contributed by atoms with Crippen LogP contribution < -0.4 is 14.4 Å². The highest BCUT2D eigenvalue weighted by atomic mass is 32.2. The Labute approximate surface area is 189 Å². The highest BCUT2D eigenvalue weighted by Crippen LogP contribution is 2.28. The van der Waals surface area contributed by atoms with E-state index in [4.69, 9.17) is 4.74 Å². The Morgan fingerprint density at radius 1 is 0.939 bits per heavy atom. The van der Waals surface area contributed by atoms with Gasteiger partial charge >= 0.3 is 6.36 Å². The van der Waals surface area contributed by atoms with Gasteiger partial charge in [0.2, 0.25) is 0 Å². The Hall–Kier alpha value is -3.21. The Bertz CT molecular complexity index is 1180. The molecule has 1 aliphatic heterocycles. The average molecular weight is 481 g/mol. The fraction of sp³-hybridized carbons (Fsp3) is 0.318. The van der Waals surface area contributed by atoms with E-state index < -0.39 is 16.2 Å². The van der Waals surface area contributed by atoms with Crippen molar-refractivity contribution in [2.75, 3.05) is 24.2 Å². The number of alkyl halides is 3. The number of aromatic nitrogens is 2. The molecule has 176 valence electrons. The lowest BCUT2D eigenvalue weighted by Gasteiger charge is -2.33. The molecule has 0 N–H and O–H groups in total. The summed E-state index contributed by atoms with van der Waals surface area (Å²) < 4.78 is 71.7. The normalized spacial score (nSPS) is 15.5. The Kier molecular flexibility index (Phi) is 6.24. The number of hydrogen-bond donors (Lipinski definition) is 0. The van der Waals surface area contributed by atoms with Crippen LogP contribution in [0.25, 0.3) is 5.69 Å². The fourth-order valence-electron chi connectivity index (χ4n) is 3.64. The van der Waals surface area contributed by atoms with Gasteiger partial charge in [0.15, 0.2) is 15.6 Å². The molecule has 0 saturated carbocycles. The predicted molar refractivity (Wildman–Crippen MR) is 116 cm³/mol. The first-order valence-electron chi connectivity index (χ1n) is 10.2. The number of sulfone groups is 1. The molecule has 1 aromatic heterocycles. The summed E-state index contributed by atoms with van der Waals surface area (Å²) in [4.78, 5) is 2.33. The molecule has 2 aromatic carbocycles. The van der Waals surface area contributed by atoms with E-state index in [0.717, 1.165) is 24.8 Å². The van der Waals surface area contributed by atoms with Gasteiger partial charge in [-0.25, -0.2) is 13.1 Å². The van der Waals surface area contributed by atoms with Gasteiger partial charge in [-0.3, -0.25) is 0 Å². The zero-order chi connectivity index (χ0) is 23.6. The van der Waals surface area contributed by atoms with Crippen LogP contribution in [0.4, 0.5) is 18.9 Å². The van der Waals surface area contributed by atoms with Crippen LogP contribution in [0.1, 0.15) is 12.8 Å². The monoisotopic (exact) mass is 481 g/mol. The van der Waals surface area contributed by atoms with Crippen molar-refractivity contribution in [3.63, 3.8) is 0 Å². The second kappa shape index (κ2) is 8.97. The number of nitrogens with zero attached hydrogens (tertiary/aromatic N) is 3. The summed E-state index contributed by atoms with van der Waals surface area (Å²) in [6, 6.07) is 12.3. The van der Waals surface area contributed by atoms with Gasteiger partial charge in [0.05, 0.1) is 23.0 Å². The molecule has 1 fully saturated rings. The second-order valence-electron chi connectivity index (χ2n) is 7.73. The molecule has 11 heteroatoms. The minimum absolute atomic E-state index is 0.0145. The molecule has 0 amide bonds. The summed E-state index contributed by atoms with van der Waals surface area (Å²) in [5.74, 6) is 0.363. The lowest BCUT2D eigenvalue weighted by atomic mass is 10.1. The molecule has 0 bridgehead atoms. The molecule has 2 heterocycles. The van der Waals surface area contributed by atoms with Crippen molar-refractivity contribution in [3.05, 3.63) is 60.9 Å². The maximum Gasteiger partial charge on any atom is 0.573 e. The van der Waals surface area contributed by atoms with Crippen molar-refractivity contribution in [3.8, 4) is 17.2 Å². The Morgan fingerprint density at radius 3 is 2.12 bits per heavy atom. The van der Waals surface area contributed by atoms with Crippen LogP contribution in [0.2, 0.25) is 0 Å². The number of hydrogen-bond acceptors (Lipinski definition) is 6. The lowest BCUT2D eigenvalue weighted by Crippen LogP contribution is -2.38. The smallest absolute Gasteiger partial charge is 0.487 e. The summed E-state index contributed by atoms with van der Waals surface area (Å²) in [5, 5.41) is 4.28. The summed E-state index contributed by atoms with van der Waals surface area (Å²) in [7, 11) is -3.26. The molecule has 0 spiro atoms. The van der Waals surface area contributed by atoms with E-state index in [9.17, 15) is 21.6 Å². The van der Waals surface area contributed by atoms with Crippen molar-refractivity contribution in [1.29, 1.82) is 0 Å². The molecule has 0 unspecified atom stereocenters. The molecule has 1 aliphatic rings. The molecule has 0 atom stereocenters. The zero-order valence-electron chi connectivity index (χ0n) is 17.7. The predicted octanol–water partition coefficient (Wildman–Crippen LogP) is 4.22. The molecule has 33 heavy (non-hydrogen) atoms. The molecule has 4 rings (SSSR count). The number of ether oxygens (including phenoxy) is 2. The van der Waals surface area contributed by atoms with Crippen molar-refractivity contribution in [2.24, 2.45) is 0 Å². The largest absolute Gasteiger partial charge is 0.573 e. The highest BCUT2D eigenvalue weighted by molar-refractivity contribution is 7.90. The number of rotatable bonds is 6. The van der Waals surface area contributed by atoms with Gasteiger partial charge in [0, 0.05) is 37.9 Å². The quantitative estimate of drug-likeness (QED) is 0.525. The molecular formula is C22H22F3N3O4S. The highest BCUT2D eigenvalue weighted by Gasteiger charge is 2.31. The first-order chi connectivity index (χ1) is 15.6. The molecule has 7 nitrogen and oxygen atoms in total. The minimum atomic E-state index is -4.70. The molecule has 0 aliphatic carbocycles. The van der Waals surface area contributed by atoms with Crippen molar-refractivity contribution >= 4 is 15.5 Å². The molecule has 1 saturated heterocycles.